The first-order valence-corrected chi connectivity index (χ1v) is 6.26. The van der Waals surface area contributed by atoms with Gasteiger partial charge in [-0.3, -0.25) is 4.79 Å². The molecule has 0 aliphatic rings. The predicted molar refractivity (Wildman–Crippen MR) is 72.9 cm³/mol. The maximum atomic E-state index is 11.8. The number of nitrogens with one attached hydrogen (secondary N) is 1. The van der Waals surface area contributed by atoms with Gasteiger partial charge in [0.05, 0.1) is 6.61 Å². The fourth-order valence-electron chi connectivity index (χ4n) is 1.55. The molecule has 0 saturated carbocycles. The van der Waals surface area contributed by atoms with Gasteiger partial charge in [0.1, 0.15) is 0 Å². The van der Waals surface area contributed by atoms with Crippen molar-refractivity contribution in [3.63, 3.8) is 0 Å². The molecule has 1 aromatic heterocycles. The first kappa shape index (κ1) is 15.0. The van der Waals surface area contributed by atoms with E-state index >= 15 is 0 Å². The van der Waals surface area contributed by atoms with E-state index in [9.17, 15) is 9.59 Å². The van der Waals surface area contributed by atoms with Crippen molar-refractivity contribution < 1.29 is 24.3 Å². The number of benzene rings is 1. The quantitative estimate of drug-likeness (QED) is 0.764. The van der Waals surface area contributed by atoms with Gasteiger partial charge in [0, 0.05) is 16.7 Å². The summed E-state index contributed by atoms with van der Waals surface area (Å²) in [5, 5.41) is 23.8. The number of halogens is 1. The topological polar surface area (TPSA) is 113 Å². The monoisotopic (exact) mass is 310 g/mol. The second-order valence-corrected chi connectivity index (χ2v) is 4.57. The number of aliphatic carboxylic acids is 1. The summed E-state index contributed by atoms with van der Waals surface area (Å²) in [6.45, 7) is -0.719. The number of hydrogen-bond acceptors (Lipinski definition) is 5. The van der Waals surface area contributed by atoms with Crippen molar-refractivity contribution in [2.75, 3.05) is 6.61 Å². The predicted octanol–water partition coefficient (Wildman–Crippen LogP) is 1.17. The molecule has 110 valence electrons. The summed E-state index contributed by atoms with van der Waals surface area (Å²) in [6.07, 6.45) is 0. The molecular weight excluding hydrogens is 300 g/mol. The minimum atomic E-state index is -1.40. The van der Waals surface area contributed by atoms with Crippen LogP contribution < -0.4 is 5.32 Å². The van der Waals surface area contributed by atoms with E-state index in [1.807, 2.05) is 0 Å². The number of carbonyl (C=O) groups excluding carboxylic acids is 1. The van der Waals surface area contributed by atoms with Crippen molar-refractivity contribution in [3.05, 3.63) is 41.0 Å². The highest BCUT2D eigenvalue weighted by molar-refractivity contribution is 6.30. The molecule has 1 atom stereocenters. The van der Waals surface area contributed by atoms with Crippen molar-refractivity contribution in [1.82, 2.24) is 10.5 Å². The Morgan fingerprint density at radius 3 is 2.57 bits per heavy atom. The van der Waals surface area contributed by atoms with Gasteiger partial charge in [0.25, 0.3) is 5.91 Å². The molecule has 21 heavy (non-hydrogen) atoms. The molecule has 0 spiro atoms. The Balaban J connectivity index is 2.14. The Hall–Kier alpha value is -2.38. The second kappa shape index (κ2) is 6.38. The molecule has 1 aromatic carbocycles. The van der Waals surface area contributed by atoms with E-state index in [-0.39, 0.29) is 5.69 Å². The van der Waals surface area contributed by atoms with Crippen molar-refractivity contribution >= 4 is 23.5 Å². The van der Waals surface area contributed by atoms with Crippen molar-refractivity contribution in [2.24, 2.45) is 0 Å². The highest BCUT2D eigenvalue weighted by atomic mass is 35.5. The van der Waals surface area contributed by atoms with Crippen LogP contribution in [0.2, 0.25) is 5.02 Å². The summed E-state index contributed by atoms with van der Waals surface area (Å²) in [5.41, 5.74) is 0.586. The minimum absolute atomic E-state index is 0.0837. The minimum Gasteiger partial charge on any atom is -0.480 e. The maximum absolute atomic E-state index is 11.8. The number of aliphatic hydroxyl groups is 1. The van der Waals surface area contributed by atoms with Crippen LogP contribution in [0.4, 0.5) is 0 Å². The number of carboxylic acids is 1. The number of aliphatic hydroxyl groups excluding tert-OH is 1. The Labute approximate surface area is 124 Å². The van der Waals surface area contributed by atoms with Gasteiger partial charge in [-0.1, -0.05) is 16.8 Å². The Bertz CT molecular complexity index is 653. The second-order valence-electron chi connectivity index (χ2n) is 4.13. The molecule has 0 aliphatic carbocycles. The van der Waals surface area contributed by atoms with Gasteiger partial charge in [-0.25, -0.2) is 4.79 Å². The van der Waals surface area contributed by atoms with Crippen molar-refractivity contribution in [2.45, 2.75) is 6.04 Å². The van der Waals surface area contributed by atoms with Gasteiger partial charge in [-0.15, -0.1) is 0 Å². The normalized spacial score (nSPS) is 11.9. The Morgan fingerprint density at radius 1 is 1.33 bits per heavy atom. The van der Waals surface area contributed by atoms with Gasteiger partial charge in [-0.2, -0.15) is 0 Å². The third-order valence-electron chi connectivity index (χ3n) is 2.66. The molecular formula is C13H11ClN2O5. The maximum Gasteiger partial charge on any atom is 0.328 e. The molecule has 0 aliphatic heterocycles. The lowest BCUT2D eigenvalue weighted by molar-refractivity contribution is -0.140. The summed E-state index contributed by atoms with van der Waals surface area (Å²) < 4.78 is 5.02. The molecule has 0 bridgehead atoms. The lowest BCUT2D eigenvalue weighted by Gasteiger charge is -2.09. The summed E-state index contributed by atoms with van der Waals surface area (Å²) in [7, 11) is 0. The van der Waals surface area contributed by atoms with E-state index in [4.69, 9.17) is 26.3 Å². The van der Waals surface area contributed by atoms with Crippen LogP contribution in [0.15, 0.2) is 34.9 Å². The molecule has 0 saturated heterocycles. The molecule has 0 radical (unpaired) electrons. The summed E-state index contributed by atoms with van der Waals surface area (Å²) in [5.74, 6) is -1.75. The van der Waals surface area contributed by atoms with Gasteiger partial charge in [0.2, 0.25) is 0 Å². The average Bonchev–Trinajstić information content (AvgIpc) is 2.94. The number of amides is 1. The standard InChI is InChI=1S/C13H11ClN2O5/c14-8-3-1-7(2-4-8)11-5-9(16-21-11)12(18)15-10(6-17)13(19)20/h1-5,10,17H,6H2,(H,15,18)(H,19,20)/t10-/m0/s1. The number of carbonyl (C=O) groups is 2. The number of nitrogens with zero attached hydrogens (tertiary/aromatic N) is 1. The average molecular weight is 311 g/mol. The van der Waals surface area contributed by atoms with Crippen LogP contribution in [-0.4, -0.2) is 39.9 Å². The summed E-state index contributed by atoms with van der Waals surface area (Å²) in [4.78, 5) is 22.5. The highest BCUT2D eigenvalue weighted by Gasteiger charge is 2.22. The van der Waals surface area contributed by atoms with Gasteiger partial charge in [-0.05, 0) is 24.3 Å². The van der Waals surface area contributed by atoms with E-state index < -0.39 is 24.5 Å². The zero-order chi connectivity index (χ0) is 15.4. The fraction of sp³-hybridized carbons (Fsp3) is 0.154. The SMILES string of the molecule is O=C(N[C@@H](CO)C(=O)O)c1cc(-c2ccc(Cl)cc2)on1. The molecule has 0 fully saturated rings. The highest BCUT2D eigenvalue weighted by Crippen LogP contribution is 2.22. The van der Waals surface area contributed by atoms with E-state index in [2.05, 4.69) is 10.5 Å². The first-order chi connectivity index (χ1) is 10.0. The van der Waals surface area contributed by atoms with E-state index in [0.717, 1.165) is 0 Å². The van der Waals surface area contributed by atoms with Crippen LogP contribution in [-0.2, 0) is 4.79 Å². The molecule has 0 unspecified atom stereocenters. The van der Waals surface area contributed by atoms with Gasteiger partial charge < -0.3 is 20.1 Å². The largest absolute Gasteiger partial charge is 0.480 e. The molecule has 1 amide bonds. The van der Waals surface area contributed by atoms with Crippen LogP contribution >= 0.6 is 11.6 Å². The first-order valence-electron chi connectivity index (χ1n) is 5.88. The van der Waals surface area contributed by atoms with Gasteiger partial charge >= 0.3 is 5.97 Å². The third-order valence-corrected chi connectivity index (χ3v) is 2.91. The lowest BCUT2D eigenvalue weighted by Crippen LogP contribution is -2.43. The summed E-state index contributed by atoms with van der Waals surface area (Å²) in [6, 6.07) is 6.68. The molecule has 8 heteroatoms. The lowest BCUT2D eigenvalue weighted by atomic mass is 10.1. The number of hydrogen-bond donors (Lipinski definition) is 3. The van der Waals surface area contributed by atoms with Crippen LogP contribution in [0.25, 0.3) is 11.3 Å². The smallest absolute Gasteiger partial charge is 0.328 e. The molecule has 3 N–H and O–H groups in total. The zero-order valence-corrected chi connectivity index (χ0v) is 11.4. The van der Waals surface area contributed by atoms with Crippen LogP contribution in [0.3, 0.4) is 0 Å². The van der Waals surface area contributed by atoms with E-state index in [1.54, 1.807) is 24.3 Å². The molecule has 2 rings (SSSR count). The Kier molecular flexibility index (Phi) is 4.56. The molecule has 1 heterocycles. The Morgan fingerprint density at radius 2 is 2.00 bits per heavy atom. The van der Waals surface area contributed by atoms with E-state index in [0.29, 0.717) is 16.3 Å². The number of rotatable bonds is 5. The third kappa shape index (κ3) is 3.59. The summed E-state index contributed by atoms with van der Waals surface area (Å²) >= 11 is 5.77. The van der Waals surface area contributed by atoms with Crippen LogP contribution in [0.1, 0.15) is 10.5 Å². The molecule has 2 aromatic rings. The number of aromatic nitrogens is 1. The zero-order valence-electron chi connectivity index (χ0n) is 10.6. The number of carboxylic acid groups (broad SMARTS) is 1. The van der Waals surface area contributed by atoms with Crippen molar-refractivity contribution in [3.8, 4) is 11.3 Å². The van der Waals surface area contributed by atoms with Crippen LogP contribution in [0.5, 0.6) is 0 Å². The van der Waals surface area contributed by atoms with Crippen LogP contribution in [0, 0.1) is 0 Å². The molecule has 7 nitrogen and oxygen atoms in total. The van der Waals surface area contributed by atoms with E-state index in [1.165, 1.54) is 6.07 Å². The van der Waals surface area contributed by atoms with Crippen molar-refractivity contribution in [1.29, 1.82) is 0 Å². The fourth-order valence-corrected chi connectivity index (χ4v) is 1.68. The van der Waals surface area contributed by atoms with Gasteiger partial charge in [0.15, 0.2) is 17.5 Å².